The smallest absolute Gasteiger partial charge is 0.318 e. The number of aryl methyl sites for hydroxylation is 2. The number of nitrogens with zero attached hydrogens (tertiary/aromatic N) is 1. The number of para-hydroxylation sites is 1. The van der Waals surface area contributed by atoms with Gasteiger partial charge in [0.05, 0.1) is 26.2 Å². The van der Waals surface area contributed by atoms with Gasteiger partial charge in [-0.2, -0.15) is 0 Å². The number of carbonyl (C=O) groups excluding carboxylic acids is 1. The molecule has 4 aliphatic rings. The molecule has 3 aromatic carbocycles. The summed E-state index contributed by atoms with van der Waals surface area (Å²) in [4.78, 5) is 13.9. The van der Waals surface area contributed by atoms with Gasteiger partial charge >= 0.3 is 5.97 Å². The van der Waals surface area contributed by atoms with Crippen LogP contribution in [-0.2, 0) is 22.4 Å². The fraction of sp³-hybridized carbons (Fsp3) is 0.406. The number of quaternary nitrogens is 1. The van der Waals surface area contributed by atoms with E-state index in [0.29, 0.717) is 5.92 Å². The number of esters is 1. The van der Waals surface area contributed by atoms with Crippen LogP contribution in [0.4, 0.5) is 0 Å². The zero-order valence-electron chi connectivity index (χ0n) is 21.0. The summed E-state index contributed by atoms with van der Waals surface area (Å²) < 4.78 is 13.5. The van der Waals surface area contributed by atoms with E-state index in [1.54, 1.807) is 0 Å². The van der Waals surface area contributed by atoms with E-state index in [9.17, 15) is 4.79 Å². The van der Waals surface area contributed by atoms with Crippen LogP contribution in [0.5, 0.6) is 5.75 Å². The average Bonchev–Trinajstić information content (AvgIpc) is 3.09. The molecule has 7 rings (SSSR count). The van der Waals surface area contributed by atoms with Gasteiger partial charge in [0.15, 0.2) is 6.10 Å². The maximum atomic E-state index is 13.9. The SMILES string of the molecule is O=C(O[C@H]1C[N+]2(CCCOc3ccccc3)CCC1CC2)C1c2ccccc2CCc2ccccc21. The first-order valence-corrected chi connectivity index (χ1v) is 13.6. The fourth-order valence-electron chi connectivity index (χ4n) is 6.77. The van der Waals surface area contributed by atoms with Crippen molar-refractivity contribution < 1.29 is 18.8 Å². The van der Waals surface area contributed by atoms with Crippen molar-refractivity contribution in [2.75, 3.05) is 32.8 Å². The highest BCUT2D eigenvalue weighted by atomic mass is 16.5. The Morgan fingerprint density at radius 1 is 0.806 bits per heavy atom. The van der Waals surface area contributed by atoms with Crippen molar-refractivity contribution in [3.63, 3.8) is 0 Å². The molecular formula is C32H36NO3+. The summed E-state index contributed by atoms with van der Waals surface area (Å²) in [5, 5.41) is 0. The highest BCUT2D eigenvalue weighted by Crippen LogP contribution is 2.39. The molecule has 0 unspecified atom stereocenters. The van der Waals surface area contributed by atoms with Crippen molar-refractivity contribution in [2.24, 2.45) is 5.92 Å². The minimum Gasteiger partial charge on any atom is -0.493 e. The van der Waals surface area contributed by atoms with Crippen molar-refractivity contribution in [1.82, 2.24) is 0 Å². The molecule has 4 nitrogen and oxygen atoms in total. The Hall–Kier alpha value is -3.11. The van der Waals surface area contributed by atoms with Crippen LogP contribution in [0.3, 0.4) is 0 Å². The normalized spacial score (nSPS) is 24.9. The molecule has 1 atom stereocenters. The molecule has 3 aliphatic heterocycles. The van der Waals surface area contributed by atoms with Gasteiger partial charge in [-0.3, -0.25) is 4.79 Å². The topological polar surface area (TPSA) is 35.5 Å². The maximum absolute atomic E-state index is 13.9. The minimum atomic E-state index is -0.330. The van der Waals surface area contributed by atoms with Gasteiger partial charge in [-0.1, -0.05) is 66.7 Å². The summed E-state index contributed by atoms with van der Waals surface area (Å²) in [5.74, 6) is 1.03. The van der Waals surface area contributed by atoms with Crippen LogP contribution in [0.15, 0.2) is 78.9 Å². The van der Waals surface area contributed by atoms with Gasteiger partial charge in [0.2, 0.25) is 0 Å². The van der Waals surface area contributed by atoms with E-state index in [1.807, 2.05) is 30.3 Å². The van der Waals surface area contributed by atoms with Crippen LogP contribution in [0.2, 0.25) is 0 Å². The maximum Gasteiger partial charge on any atom is 0.318 e. The van der Waals surface area contributed by atoms with Crippen molar-refractivity contribution in [1.29, 1.82) is 0 Å². The second-order valence-corrected chi connectivity index (χ2v) is 10.9. The molecule has 4 heteroatoms. The lowest BCUT2D eigenvalue weighted by atomic mass is 9.82. The Labute approximate surface area is 214 Å². The first-order valence-electron chi connectivity index (χ1n) is 13.6. The lowest BCUT2D eigenvalue weighted by Gasteiger charge is -2.52. The predicted octanol–water partition coefficient (Wildman–Crippen LogP) is 5.54. The second-order valence-electron chi connectivity index (χ2n) is 10.9. The zero-order chi connectivity index (χ0) is 24.4. The molecule has 2 bridgehead atoms. The molecule has 0 spiro atoms. The molecule has 0 amide bonds. The summed E-state index contributed by atoms with van der Waals surface area (Å²) in [6.45, 7) is 5.15. The van der Waals surface area contributed by atoms with Crippen LogP contribution >= 0.6 is 0 Å². The minimum absolute atomic E-state index is 0.0117. The first kappa shape index (κ1) is 23.3. The number of hydrogen-bond donors (Lipinski definition) is 0. The monoisotopic (exact) mass is 482 g/mol. The van der Waals surface area contributed by atoms with Crippen molar-refractivity contribution >= 4 is 5.97 Å². The molecule has 0 aromatic heterocycles. The third-order valence-electron chi connectivity index (χ3n) is 8.73. The van der Waals surface area contributed by atoms with Gasteiger partial charge in [0.1, 0.15) is 18.2 Å². The molecule has 3 saturated heterocycles. The number of carbonyl (C=O) groups is 1. The zero-order valence-corrected chi connectivity index (χ0v) is 21.0. The number of hydrogen-bond acceptors (Lipinski definition) is 3. The molecule has 0 radical (unpaired) electrons. The number of ether oxygens (including phenoxy) is 2. The van der Waals surface area contributed by atoms with Gasteiger partial charge < -0.3 is 14.0 Å². The molecule has 0 N–H and O–H groups in total. The third kappa shape index (κ3) is 4.67. The Kier molecular flexibility index (Phi) is 6.54. The highest BCUT2D eigenvalue weighted by Gasteiger charge is 2.48. The number of rotatable bonds is 7. The standard InChI is InChI=1S/C32H36NO3/c34-32(31-28-13-6-4-9-24(28)15-16-25-10-5-7-14-29(25)31)36-30-23-33(20-17-26(30)18-21-33)19-8-22-35-27-11-2-1-3-12-27/h1-7,9-14,26,30-31H,8,15-23H2/q+1/t26?,30-,33?/m0/s1. The molecule has 3 fully saturated rings. The first-order chi connectivity index (χ1) is 17.7. The Morgan fingerprint density at radius 3 is 2.08 bits per heavy atom. The van der Waals surface area contributed by atoms with Crippen LogP contribution in [-0.4, -0.2) is 49.3 Å². The molecule has 1 aliphatic carbocycles. The molecule has 0 saturated carbocycles. The number of piperidine rings is 3. The van der Waals surface area contributed by atoms with Gasteiger partial charge in [0.25, 0.3) is 0 Å². The van der Waals surface area contributed by atoms with Gasteiger partial charge in [-0.15, -0.1) is 0 Å². The number of fused-ring (bicyclic) bond motifs is 5. The van der Waals surface area contributed by atoms with Crippen molar-refractivity contribution in [3.8, 4) is 5.75 Å². The molecule has 36 heavy (non-hydrogen) atoms. The summed E-state index contributed by atoms with van der Waals surface area (Å²) in [6, 6.07) is 26.9. The average molecular weight is 483 g/mol. The van der Waals surface area contributed by atoms with Crippen LogP contribution in [0.25, 0.3) is 0 Å². The fourth-order valence-corrected chi connectivity index (χ4v) is 6.77. The van der Waals surface area contributed by atoms with Gasteiger partial charge in [-0.25, -0.2) is 0 Å². The van der Waals surface area contributed by atoms with E-state index in [1.165, 1.54) is 24.2 Å². The number of benzene rings is 3. The lowest BCUT2D eigenvalue weighted by molar-refractivity contribution is -0.946. The van der Waals surface area contributed by atoms with E-state index in [-0.39, 0.29) is 18.0 Å². The van der Waals surface area contributed by atoms with Gasteiger partial charge in [-0.05, 0) is 47.2 Å². The summed E-state index contributed by atoms with van der Waals surface area (Å²) in [6.07, 6.45) is 5.26. The van der Waals surface area contributed by atoms with E-state index in [2.05, 4.69) is 48.5 Å². The highest BCUT2D eigenvalue weighted by molar-refractivity contribution is 5.84. The molecule has 186 valence electrons. The largest absolute Gasteiger partial charge is 0.493 e. The van der Waals surface area contributed by atoms with Crippen LogP contribution in [0, 0.1) is 5.92 Å². The Balaban J connectivity index is 1.15. The van der Waals surface area contributed by atoms with Crippen molar-refractivity contribution in [3.05, 3.63) is 101 Å². The molecule has 3 aromatic rings. The molecule has 3 heterocycles. The van der Waals surface area contributed by atoms with E-state index in [0.717, 1.165) is 73.2 Å². The van der Waals surface area contributed by atoms with Crippen LogP contribution < -0.4 is 4.74 Å². The Bertz CT molecular complexity index is 1150. The Morgan fingerprint density at radius 2 is 1.42 bits per heavy atom. The van der Waals surface area contributed by atoms with Crippen LogP contribution in [0.1, 0.15) is 47.4 Å². The van der Waals surface area contributed by atoms with Gasteiger partial charge in [0, 0.05) is 25.2 Å². The summed E-state index contributed by atoms with van der Waals surface area (Å²) >= 11 is 0. The quantitative estimate of drug-likeness (QED) is 0.252. The third-order valence-corrected chi connectivity index (χ3v) is 8.73. The van der Waals surface area contributed by atoms with Crippen molar-refractivity contribution in [2.45, 2.75) is 44.1 Å². The predicted molar refractivity (Wildman–Crippen MR) is 141 cm³/mol. The van der Waals surface area contributed by atoms with E-state index < -0.39 is 0 Å². The molecular weight excluding hydrogens is 446 g/mol. The summed E-state index contributed by atoms with van der Waals surface area (Å²) in [7, 11) is 0. The second kappa shape index (κ2) is 10.1. The lowest BCUT2D eigenvalue weighted by Crippen LogP contribution is -2.64. The van der Waals surface area contributed by atoms with E-state index in [4.69, 9.17) is 9.47 Å². The summed E-state index contributed by atoms with van der Waals surface area (Å²) in [5.41, 5.74) is 4.78. The van der Waals surface area contributed by atoms with E-state index >= 15 is 0 Å².